The molecule has 0 aliphatic heterocycles. The second-order valence-corrected chi connectivity index (χ2v) is 3.71. The van der Waals surface area contributed by atoms with Gasteiger partial charge in [-0.3, -0.25) is 4.98 Å². The lowest BCUT2D eigenvalue weighted by Gasteiger charge is -2.22. The Morgan fingerprint density at radius 2 is 2.31 bits per heavy atom. The van der Waals surface area contributed by atoms with Gasteiger partial charge in [-0.2, -0.15) is 0 Å². The highest BCUT2D eigenvalue weighted by Gasteiger charge is 2.46. The summed E-state index contributed by atoms with van der Waals surface area (Å²) in [6.45, 7) is 0. The van der Waals surface area contributed by atoms with E-state index in [9.17, 15) is 0 Å². The average Bonchev–Trinajstić information content (AvgIpc) is 2.87. The van der Waals surface area contributed by atoms with Crippen LogP contribution in [0.5, 0.6) is 0 Å². The summed E-state index contributed by atoms with van der Waals surface area (Å²) in [6.07, 6.45) is 4.00. The molecule has 2 rings (SSSR count). The van der Waals surface area contributed by atoms with E-state index in [1.54, 1.807) is 0 Å². The Bertz CT molecular complexity index is 279. The predicted octanol–water partition coefficient (Wildman–Crippen LogP) is 0.833. The molecule has 1 atom stereocenters. The SMILES string of the molecule is CNC(c1ccccn1)C1(N)CC1. The van der Waals surface area contributed by atoms with Crippen molar-refractivity contribution in [3.05, 3.63) is 30.1 Å². The van der Waals surface area contributed by atoms with Crippen LogP contribution in [0.4, 0.5) is 0 Å². The van der Waals surface area contributed by atoms with E-state index in [0.29, 0.717) is 0 Å². The molecule has 0 aromatic carbocycles. The first-order chi connectivity index (χ1) is 6.26. The zero-order valence-electron chi connectivity index (χ0n) is 7.83. The van der Waals surface area contributed by atoms with Gasteiger partial charge in [0.2, 0.25) is 0 Å². The van der Waals surface area contributed by atoms with E-state index in [1.165, 1.54) is 0 Å². The second kappa shape index (κ2) is 3.09. The van der Waals surface area contributed by atoms with Crippen molar-refractivity contribution in [2.75, 3.05) is 7.05 Å². The third-order valence-electron chi connectivity index (χ3n) is 2.67. The number of pyridine rings is 1. The summed E-state index contributed by atoms with van der Waals surface area (Å²) in [5, 5.41) is 3.23. The van der Waals surface area contributed by atoms with Crippen molar-refractivity contribution in [1.82, 2.24) is 10.3 Å². The van der Waals surface area contributed by atoms with Gasteiger partial charge in [0.05, 0.1) is 11.7 Å². The summed E-state index contributed by atoms with van der Waals surface area (Å²) in [7, 11) is 1.94. The lowest BCUT2D eigenvalue weighted by molar-refractivity contribution is 0.451. The number of nitrogens with one attached hydrogen (secondary N) is 1. The number of nitrogens with zero attached hydrogens (tertiary/aromatic N) is 1. The van der Waals surface area contributed by atoms with Crippen LogP contribution in [0.25, 0.3) is 0 Å². The van der Waals surface area contributed by atoms with Crippen LogP contribution in [0.15, 0.2) is 24.4 Å². The monoisotopic (exact) mass is 177 g/mol. The fraction of sp³-hybridized carbons (Fsp3) is 0.500. The summed E-state index contributed by atoms with van der Waals surface area (Å²) in [5.74, 6) is 0. The lowest BCUT2D eigenvalue weighted by atomic mass is 10.0. The molecule has 3 nitrogen and oxygen atoms in total. The Kier molecular flexibility index (Phi) is 2.06. The van der Waals surface area contributed by atoms with Crippen LogP contribution in [-0.4, -0.2) is 17.6 Å². The molecule has 1 aliphatic carbocycles. The maximum absolute atomic E-state index is 6.13. The number of likely N-dealkylation sites (N-methyl/N-ethyl adjacent to an activating group) is 1. The summed E-state index contributed by atoms with van der Waals surface area (Å²) >= 11 is 0. The average molecular weight is 177 g/mol. The van der Waals surface area contributed by atoms with Crippen molar-refractivity contribution in [2.45, 2.75) is 24.4 Å². The van der Waals surface area contributed by atoms with Gasteiger partial charge in [-0.1, -0.05) is 6.07 Å². The van der Waals surface area contributed by atoms with Gasteiger partial charge in [0.25, 0.3) is 0 Å². The molecule has 1 fully saturated rings. The lowest BCUT2D eigenvalue weighted by Crippen LogP contribution is -2.38. The van der Waals surface area contributed by atoms with Gasteiger partial charge in [-0.05, 0) is 32.0 Å². The zero-order valence-corrected chi connectivity index (χ0v) is 7.83. The van der Waals surface area contributed by atoms with Crippen LogP contribution in [0.3, 0.4) is 0 Å². The van der Waals surface area contributed by atoms with Crippen molar-refractivity contribution in [3.8, 4) is 0 Å². The zero-order chi connectivity index (χ0) is 9.31. The minimum Gasteiger partial charge on any atom is -0.323 e. The van der Waals surface area contributed by atoms with Crippen molar-refractivity contribution in [1.29, 1.82) is 0 Å². The van der Waals surface area contributed by atoms with Gasteiger partial charge < -0.3 is 11.1 Å². The van der Waals surface area contributed by atoms with Crippen molar-refractivity contribution in [2.24, 2.45) is 5.73 Å². The molecule has 0 bridgehead atoms. The van der Waals surface area contributed by atoms with Gasteiger partial charge >= 0.3 is 0 Å². The first-order valence-electron chi connectivity index (χ1n) is 4.63. The fourth-order valence-electron chi connectivity index (χ4n) is 1.71. The molecule has 0 radical (unpaired) electrons. The summed E-state index contributed by atoms with van der Waals surface area (Å²) in [4.78, 5) is 4.31. The molecule has 3 heteroatoms. The van der Waals surface area contributed by atoms with Gasteiger partial charge in [-0.25, -0.2) is 0 Å². The number of rotatable bonds is 3. The third-order valence-corrected chi connectivity index (χ3v) is 2.67. The summed E-state index contributed by atoms with van der Waals surface area (Å²) in [5.41, 5.74) is 7.12. The van der Waals surface area contributed by atoms with E-state index < -0.39 is 0 Å². The number of nitrogens with two attached hydrogens (primary N) is 1. The molecular weight excluding hydrogens is 162 g/mol. The fourth-order valence-corrected chi connectivity index (χ4v) is 1.71. The minimum atomic E-state index is -0.0525. The highest BCUT2D eigenvalue weighted by Crippen LogP contribution is 2.42. The molecular formula is C10H15N3. The Labute approximate surface area is 78.4 Å². The van der Waals surface area contributed by atoms with Gasteiger partial charge in [-0.15, -0.1) is 0 Å². The number of hydrogen-bond donors (Lipinski definition) is 2. The van der Waals surface area contributed by atoms with Crippen LogP contribution in [0.2, 0.25) is 0 Å². The number of aromatic nitrogens is 1. The molecule has 0 saturated heterocycles. The minimum absolute atomic E-state index is 0.0525. The molecule has 1 aromatic rings. The Balaban J connectivity index is 2.23. The Morgan fingerprint density at radius 1 is 1.54 bits per heavy atom. The topological polar surface area (TPSA) is 50.9 Å². The molecule has 3 N–H and O–H groups in total. The summed E-state index contributed by atoms with van der Waals surface area (Å²) in [6, 6.07) is 6.15. The van der Waals surface area contributed by atoms with Gasteiger partial charge in [0.15, 0.2) is 0 Å². The van der Waals surface area contributed by atoms with E-state index in [-0.39, 0.29) is 11.6 Å². The number of hydrogen-bond acceptors (Lipinski definition) is 3. The standard InChI is InChI=1S/C10H15N3/c1-12-9(10(11)5-6-10)8-4-2-3-7-13-8/h2-4,7,9,12H,5-6,11H2,1H3. The first kappa shape index (κ1) is 8.66. The molecule has 1 saturated carbocycles. The Hall–Kier alpha value is -0.930. The quantitative estimate of drug-likeness (QED) is 0.719. The second-order valence-electron chi connectivity index (χ2n) is 3.71. The van der Waals surface area contributed by atoms with Crippen LogP contribution < -0.4 is 11.1 Å². The normalized spacial score (nSPS) is 21.1. The predicted molar refractivity (Wildman–Crippen MR) is 52.2 cm³/mol. The molecule has 1 heterocycles. The Morgan fingerprint density at radius 3 is 2.77 bits per heavy atom. The molecule has 0 amide bonds. The highest BCUT2D eigenvalue weighted by atomic mass is 15.0. The third kappa shape index (κ3) is 1.57. The first-order valence-corrected chi connectivity index (χ1v) is 4.63. The van der Waals surface area contributed by atoms with E-state index in [0.717, 1.165) is 18.5 Å². The van der Waals surface area contributed by atoms with Gasteiger partial charge in [0.1, 0.15) is 0 Å². The van der Waals surface area contributed by atoms with Crippen molar-refractivity contribution >= 4 is 0 Å². The molecule has 1 unspecified atom stereocenters. The molecule has 13 heavy (non-hydrogen) atoms. The van der Waals surface area contributed by atoms with Crippen LogP contribution in [0.1, 0.15) is 24.6 Å². The van der Waals surface area contributed by atoms with E-state index >= 15 is 0 Å². The molecule has 0 spiro atoms. The maximum Gasteiger partial charge on any atom is 0.0675 e. The van der Waals surface area contributed by atoms with E-state index in [2.05, 4.69) is 10.3 Å². The molecule has 70 valence electrons. The summed E-state index contributed by atoms with van der Waals surface area (Å²) < 4.78 is 0. The molecule has 1 aliphatic rings. The highest BCUT2D eigenvalue weighted by molar-refractivity contribution is 5.20. The van der Waals surface area contributed by atoms with E-state index in [4.69, 9.17) is 5.73 Å². The molecule has 1 aromatic heterocycles. The van der Waals surface area contributed by atoms with Crippen LogP contribution in [-0.2, 0) is 0 Å². The van der Waals surface area contributed by atoms with Gasteiger partial charge in [0, 0.05) is 11.7 Å². The van der Waals surface area contributed by atoms with Crippen LogP contribution in [0, 0.1) is 0 Å². The van der Waals surface area contributed by atoms with E-state index in [1.807, 2.05) is 31.4 Å². The largest absolute Gasteiger partial charge is 0.323 e. The smallest absolute Gasteiger partial charge is 0.0675 e. The van der Waals surface area contributed by atoms with Crippen LogP contribution >= 0.6 is 0 Å². The van der Waals surface area contributed by atoms with Crippen molar-refractivity contribution in [3.63, 3.8) is 0 Å². The van der Waals surface area contributed by atoms with Crippen molar-refractivity contribution < 1.29 is 0 Å². The maximum atomic E-state index is 6.13.